The van der Waals surface area contributed by atoms with E-state index in [0.29, 0.717) is 32.9 Å². The number of carbonyl (C=O) groups is 3. The number of hydrogen-bond acceptors (Lipinski definition) is 5. The minimum absolute atomic E-state index is 0.0453. The molecule has 0 saturated carbocycles. The molecule has 3 amide bonds. The second-order valence-electron chi connectivity index (χ2n) is 8.07. The van der Waals surface area contributed by atoms with Crippen molar-refractivity contribution in [2.75, 3.05) is 13.1 Å². The van der Waals surface area contributed by atoms with E-state index >= 15 is 0 Å². The summed E-state index contributed by atoms with van der Waals surface area (Å²) in [5.41, 5.74) is 0.549. The minimum Gasteiger partial charge on any atom is -0.354 e. The molecule has 188 valence electrons. The van der Waals surface area contributed by atoms with Crippen molar-refractivity contribution in [3.8, 4) is 0 Å². The molecule has 1 atom stereocenters. The third-order valence-electron chi connectivity index (χ3n) is 5.77. The minimum atomic E-state index is -4.05. The second-order valence-corrected chi connectivity index (χ2v) is 10.7. The Morgan fingerprint density at radius 1 is 1.06 bits per heavy atom. The number of sulfonamides is 1. The van der Waals surface area contributed by atoms with Crippen molar-refractivity contribution < 1.29 is 22.8 Å². The number of halogens is 2. The van der Waals surface area contributed by atoms with Gasteiger partial charge in [-0.3, -0.25) is 14.4 Å². The molecule has 11 heteroatoms. The lowest BCUT2D eigenvalue weighted by molar-refractivity contribution is -0.141. The van der Waals surface area contributed by atoms with Gasteiger partial charge in [-0.25, -0.2) is 12.7 Å². The second kappa shape index (κ2) is 11.4. The van der Waals surface area contributed by atoms with Gasteiger partial charge in [-0.1, -0.05) is 55.2 Å². The predicted octanol–water partition coefficient (Wildman–Crippen LogP) is 3.86. The van der Waals surface area contributed by atoms with Crippen LogP contribution in [0.15, 0.2) is 47.4 Å². The van der Waals surface area contributed by atoms with Crippen LogP contribution in [0.4, 0.5) is 0 Å². The van der Waals surface area contributed by atoms with Gasteiger partial charge in [0, 0.05) is 41.7 Å². The molecule has 0 aromatic heterocycles. The van der Waals surface area contributed by atoms with Crippen molar-refractivity contribution in [2.24, 2.45) is 0 Å². The van der Waals surface area contributed by atoms with Crippen LogP contribution in [0.25, 0.3) is 0 Å². The normalized spacial score (nSPS) is 15.0. The molecular weight excluding hydrogens is 513 g/mol. The third-order valence-corrected chi connectivity index (χ3v) is 8.31. The molecule has 3 rings (SSSR count). The van der Waals surface area contributed by atoms with Gasteiger partial charge < -0.3 is 10.2 Å². The fraction of sp³-hybridized carbons (Fsp3) is 0.375. The smallest absolute Gasteiger partial charge is 0.269 e. The summed E-state index contributed by atoms with van der Waals surface area (Å²) in [6.45, 7) is 3.74. The summed E-state index contributed by atoms with van der Waals surface area (Å²) in [6.07, 6.45) is 0.732. The topological polar surface area (TPSA) is 104 Å². The van der Waals surface area contributed by atoms with Crippen molar-refractivity contribution in [2.45, 2.75) is 50.6 Å². The van der Waals surface area contributed by atoms with Crippen LogP contribution in [0.5, 0.6) is 0 Å². The Kier molecular flexibility index (Phi) is 8.79. The SMILES string of the molecule is CCCNC(=O)C(CC)N(Cc1c(Cl)cccc1Cl)C(=O)CCN1C(=O)c2ccccc2S1(=O)=O. The van der Waals surface area contributed by atoms with Crippen LogP contribution in [0, 0.1) is 0 Å². The van der Waals surface area contributed by atoms with Crippen molar-refractivity contribution >= 4 is 50.9 Å². The summed E-state index contributed by atoms with van der Waals surface area (Å²) < 4.78 is 26.4. The molecule has 0 radical (unpaired) electrons. The molecule has 1 aliphatic heterocycles. The van der Waals surface area contributed by atoms with E-state index in [1.54, 1.807) is 31.2 Å². The van der Waals surface area contributed by atoms with Crippen LogP contribution < -0.4 is 5.32 Å². The molecule has 2 aromatic carbocycles. The van der Waals surface area contributed by atoms with Crippen molar-refractivity contribution in [3.63, 3.8) is 0 Å². The van der Waals surface area contributed by atoms with Crippen LogP contribution in [-0.2, 0) is 26.2 Å². The van der Waals surface area contributed by atoms with Crippen molar-refractivity contribution in [3.05, 3.63) is 63.6 Å². The van der Waals surface area contributed by atoms with Gasteiger partial charge in [0.05, 0.1) is 5.56 Å². The van der Waals surface area contributed by atoms with Gasteiger partial charge in [0.15, 0.2) is 0 Å². The molecule has 0 saturated heterocycles. The first-order valence-electron chi connectivity index (χ1n) is 11.3. The molecule has 35 heavy (non-hydrogen) atoms. The number of nitrogens with one attached hydrogen (secondary N) is 1. The van der Waals surface area contributed by atoms with E-state index in [4.69, 9.17) is 23.2 Å². The Morgan fingerprint density at radius 2 is 1.71 bits per heavy atom. The lowest BCUT2D eigenvalue weighted by Gasteiger charge is -2.31. The summed E-state index contributed by atoms with van der Waals surface area (Å²) in [5.74, 6) is -1.51. The zero-order chi connectivity index (χ0) is 25.8. The lowest BCUT2D eigenvalue weighted by atomic mass is 10.1. The van der Waals surface area contributed by atoms with E-state index in [-0.39, 0.29) is 35.9 Å². The Balaban J connectivity index is 1.86. The number of carbonyl (C=O) groups excluding carboxylic acids is 3. The first-order chi connectivity index (χ1) is 16.6. The van der Waals surface area contributed by atoms with Crippen LogP contribution >= 0.6 is 23.2 Å². The predicted molar refractivity (Wildman–Crippen MR) is 134 cm³/mol. The molecule has 1 heterocycles. The molecule has 8 nitrogen and oxygen atoms in total. The summed E-state index contributed by atoms with van der Waals surface area (Å²) in [5, 5.41) is 3.48. The molecular formula is C24H27Cl2N3O5S. The lowest BCUT2D eigenvalue weighted by Crippen LogP contribution is -2.49. The molecule has 1 unspecified atom stereocenters. The summed E-state index contributed by atoms with van der Waals surface area (Å²) >= 11 is 12.6. The van der Waals surface area contributed by atoms with E-state index < -0.39 is 27.9 Å². The third kappa shape index (κ3) is 5.63. The molecule has 0 spiro atoms. The highest BCUT2D eigenvalue weighted by Gasteiger charge is 2.41. The van der Waals surface area contributed by atoms with Gasteiger partial charge in [-0.2, -0.15) is 0 Å². The van der Waals surface area contributed by atoms with Crippen molar-refractivity contribution in [1.29, 1.82) is 0 Å². The molecule has 1 N–H and O–H groups in total. The Labute approximate surface area is 215 Å². The summed E-state index contributed by atoms with van der Waals surface area (Å²) in [6, 6.07) is 10.0. The number of nitrogens with zero attached hydrogens (tertiary/aromatic N) is 2. The van der Waals surface area contributed by atoms with Gasteiger partial charge in [0.25, 0.3) is 15.9 Å². The van der Waals surface area contributed by atoms with Crippen LogP contribution in [-0.4, -0.2) is 54.5 Å². The molecule has 0 fully saturated rings. The molecule has 0 bridgehead atoms. The maximum atomic E-state index is 13.4. The van der Waals surface area contributed by atoms with Gasteiger partial charge in [-0.15, -0.1) is 0 Å². The first-order valence-corrected chi connectivity index (χ1v) is 13.5. The monoisotopic (exact) mass is 539 g/mol. The van der Waals surface area contributed by atoms with Crippen molar-refractivity contribution in [1.82, 2.24) is 14.5 Å². The van der Waals surface area contributed by atoms with Crippen LogP contribution in [0.3, 0.4) is 0 Å². The van der Waals surface area contributed by atoms with E-state index in [1.165, 1.54) is 23.1 Å². The number of hydrogen-bond donors (Lipinski definition) is 1. The maximum absolute atomic E-state index is 13.4. The average molecular weight is 540 g/mol. The molecule has 2 aromatic rings. The maximum Gasteiger partial charge on any atom is 0.269 e. The summed E-state index contributed by atoms with van der Waals surface area (Å²) in [4.78, 5) is 40.3. The highest BCUT2D eigenvalue weighted by atomic mass is 35.5. The summed E-state index contributed by atoms with van der Waals surface area (Å²) in [7, 11) is -4.05. The Hall–Kier alpha value is -2.62. The van der Waals surface area contributed by atoms with Gasteiger partial charge in [-0.05, 0) is 37.1 Å². The van der Waals surface area contributed by atoms with E-state index in [9.17, 15) is 22.8 Å². The fourth-order valence-electron chi connectivity index (χ4n) is 3.93. The highest BCUT2D eigenvalue weighted by molar-refractivity contribution is 7.90. The van der Waals surface area contributed by atoms with E-state index in [2.05, 4.69) is 5.32 Å². The van der Waals surface area contributed by atoms with Gasteiger partial charge in [0.2, 0.25) is 11.8 Å². The van der Waals surface area contributed by atoms with Crippen LogP contribution in [0.2, 0.25) is 10.0 Å². The number of fused-ring (bicyclic) bond motifs is 1. The number of amides is 3. The quantitative estimate of drug-likeness (QED) is 0.493. The standard InChI is InChI=1S/C24H27Cl2N3O5S/c1-3-13-27-23(31)20(4-2)28(15-17-18(25)9-7-10-19(17)26)22(30)12-14-29-24(32)16-8-5-6-11-21(16)35(29,33)34/h5-11,20H,3-4,12-15H2,1-2H3,(H,27,31). The fourth-order valence-corrected chi connectivity index (χ4v) is 6.02. The zero-order valence-electron chi connectivity index (χ0n) is 19.5. The van der Waals surface area contributed by atoms with Crippen LogP contribution in [0.1, 0.15) is 49.0 Å². The number of rotatable bonds is 10. The van der Waals surface area contributed by atoms with E-state index in [1.807, 2.05) is 6.92 Å². The Bertz CT molecular complexity index is 1220. The zero-order valence-corrected chi connectivity index (χ0v) is 21.8. The first kappa shape index (κ1) is 27.0. The Morgan fingerprint density at radius 3 is 2.31 bits per heavy atom. The average Bonchev–Trinajstić information content (AvgIpc) is 3.02. The molecule has 1 aliphatic rings. The van der Waals surface area contributed by atoms with Gasteiger partial charge >= 0.3 is 0 Å². The van der Waals surface area contributed by atoms with E-state index in [0.717, 1.165) is 6.42 Å². The largest absolute Gasteiger partial charge is 0.354 e. The highest BCUT2D eigenvalue weighted by Crippen LogP contribution is 2.31. The molecule has 0 aliphatic carbocycles. The van der Waals surface area contributed by atoms with Gasteiger partial charge in [0.1, 0.15) is 10.9 Å². The number of benzene rings is 2.